The first-order valence-electron chi connectivity index (χ1n) is 7.51. The summed E-state index contributed by atoms with van der Waals surface area (Å²) in [6, 6.07) is 1.92. The second-order valence-electron chi connectivity index (χ2n) is 5.43. The van der Waals surface area contributed by atoms with Gasteiger partial charge in [0.1, 0.15) is 0 Å². The van der Waals surface area contributed by atoms with Crippen molar-refractivity contribution >= 4 is 17.2 Å². The molecule has 0 aliphatic carbocycles. The summed E-state index contributed by atoms with van der Waals surface area (Å²) < 4.78 is 10.6. The van der Waals surface area contributed by atoms with Gasteiger partial charge in [0.15, 0.2) is 5.82 Å². The predicted octanol–water partition coefficient (Wildman–Crippen LogP) is 2.62. The van der Waals surface area contributed by atoms with E-state index in [2.05, 4.69) is 15.5 Å². The summed E-state index contributed by atoms with van der Waals surface area (Å²) >= 11 is 1.57. The molecule has 0 radical (unpaired) electrons. The number of hydrogen-bond acceptors (Lipinski definition) is 6. The second-order valence-corrected chi connectivity index (χ2v) is 6.21. The van der Waals surface area contributed by atoms with Gasteiger partial charge >= 0.3 is 0 Å². The van der Waals surface area contributed by atoms with E-state index in [0.717, 1.165) is 38.0 Å². The van der Waals surface area contributed by atoms with Crippen LogP contribution in [-0.2, 0) is 16.1 Å². The maximum atomic E-state index is 11.9. The fourth-order valence-electron chi connectivity index (χ4n) is 2.47. The summed E-state index contributed by atoms with van der Waals surface area (Å²) in [6.45, 7) is 1.93. The molecule has 2 aromatic rings. The van der Waals surface area contributed by atoms with E-state index in [1.54, 1.807) is 11.3 Å². The largest absolute Gasteiger partial charge is 0.381 e. The van der Waals surface area contributed by atoms with Crippen LogP contribution >= 0.6 is 11.3 Å². The topological polar surface area (TPSA) is 77.2 Å². The van der Waals surface area contributed by atoms with Crippen LogP contribution in [0, 0.1) is 5.92 Å². The molecule has 1 atom stereocenters. The minimum atomic E-state index is 0.0208. The average Bonchev–Trinajstić information content (AvgIpc) is 3.22. The highest BCUT2D eigenvalue weighted by Crippen LogP contribution is 2.20. The Labute approximate surface area is 132 Å². The summed E-state index contributed by atoms with van der Waals surface area (Å²) in [4.78, 5) is 16.1. The lowest BCUT2D eigenvalue weighted by Crippen LogP contribution is -2.25. The minimum absolute atomic E-state index is 0.0208. The van der Waals surface area contributed by atoms with Crippen molar-refractivity contribution in [2.75, 3.05) is 13.2 Å². The average molecular weight is 321 g/mol. The molecule has 1 aliphatic heterocycles. The molecule has 0 bridgehead atoms. The third-order valence-corrected chi connectivity index (χ3v) is 4.40. The molecule has 2 aromatic heterocycles. The molecule has 1 fully saturated rings. The fourth-order valence-corrected chi connectivity index (χ4v) is 3.10. The first-order chi connectivity index (χ1) is 10.8. The third-order valence-electron chi connectivity index (χ3n) is 3.71. The van der Waals surface area contributed by atoms with Crippen molar-refractivity contribution in [1.29, 1.82) is 0 Å². The van der Waals surface area contributed by atoms with Crippen LogP contribution in [0.15, 0.2) is 21.3 Å². The van der Waals surface area contributed by atoms with Crippen molar-refractivity contribution in [2.45, 2.75) is 32.2 Å². The van der Waals surface area contributed by atoms with Gasteiger partial charge < -0.3 is 14.6 Å². The molecule has 1 amide bonds. The molecule has 22 heavy (non-hydrogen) atoms. The van der Waals surface area contributed by atoms with Gasteiger partial charge in [-0.3, -0.25) is 4.79 Å². The van der Waals surface area contributed by atoms with Crippen molar-refractivity contribution in [3.05, 3.63) is 22.7 Å². The van der Waals surface area contributed by atoms with E-state index in [-0.39, 0.29) is 5.91 Å². The molecule has 1 saturated heterocycles. The minimum Gasteiger partial charge on any atom is -0.381 e. The van der Waals surface area contributed by atoms with Crippen molar-refractivity contribution in [1.82, 2.24) is 15.5 Å². The van der Waals surface area contributed by atoms with Crippen LogP contribution in [0.4, 0.5) is 0 Å². The van der Waals surface area contributed by atoms with Gasteiger partial charge in [-0.15, -0.1) is 0 Å². The van der Waals surface area contributed by atoms with E-state index in [9.17, 15) is 4.79 Å². The molecule has 6 nitrogen and oxygen atoms in total. The smallest absolute Gasteiger partial charge is 0.258 e. The van der Waals surface area contributed by atoms with Crippen molar-refractivity contribution in [2.24, 2.45) is 5.92 Å². The van der Waals surface area contributed by atoms with Crippen LogP contribution in [0.3, 0.4) is 0 Å². The molecule has 0 spiro atoms. The number of aromatic nitrogens is 2. The van der Waals surface area contributed by atoms with Gasteiger partial charge in [-0.2, -0.15) is 16.3 Å². The summed E-state index contributed by atoms with van der Waals surface area (Å²) in [5.74, 6) is 1.52. The first kappa shape index (κ1) is 15.2. The SMILES string of the molecule is O=C(CC[C@@H]1CCCOC1)NCc1noc(-c2ccsc2)n1. The summed E-state index contributed by atoms with van der Waals surface area (Å²) in [5.41, 5.74) is 0.910. The molecule has 0 aromatic carbocycles. The predicted molar refractivity (Wildman–Crippen MR) is 82.2 cm³/mol. The summed E-state index contributed by atoms with van der Waals surface area (Å²) in [5, 5.41) is 10.6. The monoisotopic (exact) mass is 321 g/mol. The maximum absolute atomic E-state index is 11.9. The Balaban J connectivity index is 1.41. The standard InChI is InChI=1S/C15H19N3O3S/c19-14(4-3-11-2-1-6-20-9-11)16-8-13-17-15(21-18-13)12-5-7-22-10-12/h5,7,10-11H,1-4,6,8-9H2,(H,16,19)/t11-/m0/s1. The van der Waals surface area contributed by atoms with Crippen molar-refractivity contribution in [3.63, 3.8) is 0 Å². The second kappa shape index (κ2) is 7.51. The third kappa shape index (κ3) is 4.14. The van der Waals surface area contributed by atoms with E-state index >= 15 is 0 Å². The highest BCUT2D eigenvalue weighted by Gasteiger charge is 2.16. The molecule has 3 rings (SSSR count). The summed E-state index contributed by atoms with van der Waals surface area (Å²) in [6.07, 6.45) is 3.64. The lowest BCUT2D eigenvalue weighted by Gasteiger charge is -2.21. The molecule has 118 valence electrons. The zero-order valence-corrected chi connectivity index (χ0v) is 13.1. The van der Waals surface area contributed by atoms with Gasteiger partial charge in [0.05, 0.1) is 12.1 Å². The number of nitrogens with zero attached hydrogens (tertiary/aromatic N) is 2. The van der Waals surface area contributed by atoms with Crippen LogP contribution < -0.4 is 5.32 Å². The van der Waals surface area contributed by atoms with Crippen LogP contribution in [0.1, 0.15) is 31.5 Å². The molecule has 0 unspecified atom stereocenters. The lowest BCUT2D eigenvalue weighted by atomic mass is 9.97. The van der Waals surface area contributed by atoms with Crippen LogP contribution in [0.25, 0.3) is 11.5 Å². The van der Waals surface area contributed by atoms with Crippen LogP contribution in [-0.4, -0.2) is 29.3 Å². The normalized spacial score (nSPS) is 18.3. The Morgan fingerprint density at radius 2 is 2.45 bits per heavy atom. The Morgan fingerprint density at radius 3 is 3.23 bits per heavy atom. The molecule has 0 saturated carbocycles. The Bertz CT molecular complexity index is 591. The lowest BCUT2D eigenvalue weighted by molar-refractivity contribution is -0.121. The Kier molecular flexibility index (Phi) is 5.18. The molecule has 7 heteroatoms. The molecule has 3 heterocycles. The molecular weight excluding hydrogens is 302 g/mol. The number of thiophene rings is 1. The molecular formula is C15H19N3O3S. The van der Waals surface area contributed by atoms with E-state index in [4.69, 9.17) is 9.26 Å². The van der Waals surface area contributed by atoms with Gasteiger partial charge in [0, 0.05) is 25.0 Å². The zero-order chi connectivity index (χ0) is 15.2. The van der Waals surface area contributed by atoms with Crippen LogP contribution in [0.2, 0.25) is 0 Å². The van der Waals surface area contributed by atoms with Gasteiger partial charge in [-0.25, -0.2) is 0 Å². The maximum Gasteiger partial charge on any atom is 0.258 e. The van der Waals surface area contributed by atoms with E-state index in [1.165, 1.54) is 0 Å². The van der Waals surface area contributed by atoms with Gasteiger partial charge in [-0.1, -0.05) is 5.16 Å². The number of amides is 1. The first-order valence-corrected chi connectivity index (χ1v) is 8.45. The van der Waals surface area contributed by atoms with Crippen molar-refractivity contribution in [3.8, 4) is 11.5 Å². The Hall–Kier alpha value is -1.73. The number of carbonyl (C=O) groups excluding carboxylic acids is 1. The quantitative estimate of drug-likeness (QED) is 0.885. The van der Waals surface area contributed by atoms with Crippen LogP contribution in [0.5, 0.6) is 0 Å². The highest BCUT2D eigenvalue weighted by molar-refractivity contribution is 7.08. The number of hydrogen-bond donors (Lipinski definition) is 1. The van der Waals surface area contributed by atoms with E-state index in [1.807, 2.05) is 16.8 Å². The number of nitrogens with one attached hydrogen (secondary N) is 1. The van der Waals surface area contributed by atoms with E-state index in [0.29, 0.717) is 30.6 Å². The summed E-state index contributed by atoms with van der Waals surface area (Å²) in [7, 11) is 0. The van der Waals surface area contributed by atoms with Gasteiger partial charge in [-0.05, 0) is 36.6 Å². The number of ether oxygens (including phenoxy) is 1. The van der Waals surface area contributed by atoms with Gasteiger partial charge in [0.25, 0.3) is 5.89 Å². The molecule has 1 aliphatic rings. The van der Waals surface area contributed by atoms with Gasteiger partial charge in [0.2, 0.25) is 5.91 Å². The fraction of sp³-hybridized carbons (Fsp3) is 0.533. The van der Waals surface area contributed by atoms with E-state index < -0.39 is 0 Å². The zero-order valence-electron chi connectivity index (χ0n) is 12.3. The highest BCUT2D eigenvalue weighted by atomic mass is 32.1. The number of rotatable bonds is 6. The van der Waals surface area contributed by atoms with Crippen molar-refractivity contribution < 1.29 is 14.1 Å². The Morgan fingerprint density at radius 1 is 1.50 bits per heavy atom. The number of carbonyl (C=O) groups is 1. The molecule has 1 N–H and O–H groups in total.